The van der Waals surface area contributed by atoms with Gasteiger partial charge in [-0.05, 0) is 31.0 Å². The Morgan fingerprint density at radius 1 is 1.36 bits per heavy atom. The highest BCUT2D eigenvalue weighted by molar-refractivity contribution is 6.35. The lowest BCUT2D eigenvalue weighted by molar-refractivity contribution is 0.475. The van der Waals surface area contributed by atoms with Gasteiger partial charge in [-0.15, -0.1) is 0 Å². The van der Waals surface area contributed by atoms with E-state index in [0.29, 0.717) is 0 Å². The van der Waals surface area contributed by atoms with Gasteiger partial charge in [-0.25, -0.2) is 4.39 Å². The Hall–Kier alpha value is -0.310. The Morgan fingerprint density at radius 2 is 1.79 bits per heavy atom. The number of hydrogen-bond donors (Lipinski definition) is 1. The molecule has 1 rings (SSSR count). The summed E-state index contributed by atoms with van der Waals surface area (Å²) in [7, 11) is 0. The zero-order valence-electron chi connectivity index (χ0n) is 8.07. The van der Waals surface area contributed by atoms with E-state index in [1.54, 1.807) is 0 Å². The van der Waals surface area contributed by atoms with Gasteiger partial charge in [0.25, 0.3) is 0 Å². The number of nitrogens with two attached hydrogens (primary N) is 1. The fourth-order valence-electron chi connectivity index (χ4n) is 1.09. The first-order chi connectivity index (χ1) is 6.38. The summed E-state index contributed by atoms with van der Waals surface area (Å²) < 4.78 is 13.1. The van der Waals surface area contributed by atoms with Crippen molar-refractivity contribution in [1.82, 2.24) is 0 Å². The highest BCUT2D eigenvalue weighted by atomic mass is 35.5. The van der Waals surface area contributed by atoms with Crippen LogP contribution in [-0.2, 0) is 5.54 Å². The summed E-state index contributed by atoms with van der Waals surface area (Å²) in [5.41, 5.74) is 6.21. The maximum absolute atomic E-state index is 13.1. The van der Waals surface area contributed by atoms with Gasteiger partial charge in [0.15, 0.2) is 5.82 Å². The van der Waals surface area contributed by atoms with Crippen LogP contribution in [-0.4, -0.2) is 0 Å². The largest absolute Gasteiger partial charge is 0.322 e. The van der Waals surface area contributed by atoms with E-state index in [2.05, 4.69) is 0 Å². The molecule has 1 nitrogen and oxygen atoms in total. The first kappa shape index (κ1) is 11.8. The number of benzene rings is 1. The standard InChI is InChI=1S/C10H12Cl2FN/c1-3-10(2,14)6-4-7(11)9(13)8(12)5-6/h4-5H,3,14H2,1-2H3. The zero-order chi connectivity index (χ0) is 10.9. The third-order valence-corrected chi connectivity index (χ3v) is 2.93. The van der Waals surface area contributed by atoms with Crippen LogP contribution in [0, 0.1) is 5.82 Å². The van der Waals surface area contributed by atoms with Gasteiger partial charge in [0.05, 0.1) is 10.0 Å². The van der Waals surface area contributed by atoms with Crippen LogP contribution in [0.4, 0.5) is 4.39 Å². The second-order valence-corrected chi connectivity index (χ2v) is 4.34. The third-order valence-electron chi connectivity index (χ3n) is 2.38. The predicted molar refractivity (Wildman–Crippen MR) is 58.3 cm³/mol. The van der Waals surface area contributed by atoms with Crippen molar-refractivity contribution in [2.45, 2.75) is 25.8 Å². The highest BCUT2D eigenvalue weighted by Crippen LogP contribution is 2.30. The predicted octanol–water partition coefficient (Wildman–Crippen LogP) is 3.72. The Balaban J connectivity index is 3.26. The van der Waals surface area contributed by atoms with E-state index in [1.807, 2.05) is 13.8 Å². The van der Waals surface area contributed by atoms with Gasteiger partial charge in [-0.1, -0.05) is 30.1 Å². The van der Waals surface area contributed by atoms with Crippen molar-refractivity contribution in [3.05, 3.63) is 33.6 Å². The number of rotatable bonds is 2. The van der Waals surface area contributed by atoms with Crippen LogP contribution in [0.2, 0.25) is 10.0 Å². The van der Waals surface area contributed by atoms with Crippen molar-refractivity contribution in [3.8, 4) is 0 Å². The first-order valence-electron chi connectivity index (χ1n) is 4.32. The number of hydrogen-bond acceptors (Lipinski definition) is 1. The van der Waals surface area contributed by atoms with Gasteiger partial charge < -0.3 is 5.73 Å². The van der Waals surface area contributed by atoms with Crippen molar-refractivity contribution in [3.63, 3.8) is 0 Å². The van der Waals surface area contributed by atoms with Crippen molar-refractivity contribution >= 4 is 23.2 Å². The van der Waals surface area contributed by atoms with Crippen LogP contribution in [0.5, 0.6) is 0 Å². The molecule has 0 heterocycles. The Kier molecular flexibility index (Phi) is 3.40. The molecule has 4 heteroatoms. The fourth-order valence-corrected chi connectivity index (χ4v) is 1.58. The van der Waals surface area contributed by atoms with E-state index in [4.69, 9.17) is 28.9 Å². The minimum atomic E-state index is -0.594. The Labute approximate surface area is 93.0 Å². The second-order valence-electron chi connectivity index (χ2n) is 3.52. The fraction of sp³-hybridized carbons (Fsp3) is 0.400. The summed E-state index contributed by atoms with van der Waals surface area (Å²) in [6, 6.07) is 3.04. The van der Waals surface area contributed by atoms with Gasteiger partial charge in [-0.2, -0.15) is 0 Å². The highest BCUT2D eigenvalue weighted by Gasteiger charge is 2.21. The molecule has 78 valence electrons. The lowest BCUT2D eigenvalue weighted by Crippen LogP contribution is -2.32. The van der Waals surface area contributed by atoms with Crippen LogP contribution < -0.4 is 5.73 Å². The van der Waals surface area contributed by atoms with Crippen LogP contribution in [0.15, 0.2) is 12.1 Å². The monoisotopic (exact) mass is 235 g/mol. The van der Waals surface area contributed by atoms with Gasteiger partial charge in [-0.3, -0.25) is 0 Å². The summed E-state index contributed by atoms with van der Waals surface area (Å²) >= 11 is 11.3. The van der Waals surface area contributed by atoms with Crippen LogP contribution in [0.3, 0.4) is 0 Å². The normalized spacial score (nSPS) is 15.3. The molecule has 0 aromatic heterocycles. The molecular weight excluding hydrogens is 224 g/mol. The van der Waals surface area contributed by atoms with E-state index in [0.717, 1.165) is 12.0 Å². The lowest BCUT2D eigenvalue weighted by Gasteiger charge is -2.23. The molecule has 0 aliphatic rings. The van der Waals surface area contributed by atoms with Crippen LogP contribution in [0.25, 0.3) is 0 Å². The third kappa shape index (κ3) is 2.19. The molecule has 0 bridgehead atoms. The van der Waals surface area contributed by atoms with Crippen molar-refractivity contribution < 1.29 is 4.39 Å². The van der Waals surface area contributed by atoms with Gasteiger partial charge in [0, 0.05) is 5.54 Å². The Morgan fingerprint density at radius 3 is 2.14 bits per heavy atom. The Bertz CT molecular complexity index is 327. The molecule has 0 fully saturated rings. The van der Waals surface area contributed by atoms with Crippen LogP contribution >= 0.6 is 23.2 Å². The molecule has 1 atom stereocenters. The molecule has 0 saturated carbocycles. The lowest BCUT2D eigenvalue weighted by atomic mass is 9.91. The van der Waals surface area contributed by atoms with Crippen molar-refractivity contribution in [1.29, 1.82) is 0 Å². The molecule has 0 saturated heterocycles. The van der Waals surface area contributed by atoms with Gasteiger partial charge in [0.1, 0.15) is 0 Å². The average molecular weight is 236 g/mol. The molecular formula is C10H12Cl2FN. The van der Waals surface area contributed by atoms with Gasteiger partial charge >= 0.3 is 0 Å². The van der Waals surface area contributed by atoms with E-state index >= 15 is 0 Å². The summed E-state index contributed by atoms with van der Waals surface area (Å²) in [6.45, 7) is 3.80. The quantitative estimate of drug-likeness (QED) is 0.778. The van der Waals surface area contributed by atoms with E-state index in [1.165, 1.54) is 12.1 Å². The number of halogens is 3. The van der Waals surface area contributed by atoms with E-state index in [-0.39, 0.29) is 10.0 Å². The molecule has 1 unspecified atom stereocenters. The minimum Gasteiger partial charge on any atom is -0.322 e. The van der Waals surface area contributed by atoms with E-state index in [9.17, 15) is 4.39 Å². The first-order valence-corrected chi connectivity index (χ1v) is 5.08. The maximum Gasteiger partial charge on any atom is 0.160 e. The zero-order valence-corrected chi connectivity index (χ0v) is 9.58. The molecule has 2 N–H and O–H groups in total. The second kappa shape index (κ2) is 4.05. The van der Waals surface area contributed by atoms with Crippen molar-refractivity contribution in [2.24, 2.45) is 5.73 Å². The summed E-state index contributed by atoms with van der Waals surface area (Å²) in [6.07, 6.45) is 0.727. The molecule has 0 aliphatic carbocycles. The molecule has 14 heavy (non-hydrogen) atoms. The minimum absolute atomic E-state index is 0.0117. The van der Waals surface area contributed by atoms with E-state index < -0.39 is 11.4 Å². The molecule has 1 aromatic carbocycles. The topological polar surface area (TPSA) is 26.0 Å². The maximum atomic E-state index is 13.1. The molecule has 1 aromatic rings. The molecule has 0 spiro atoms. The van der Waals surface area contributed by atoms with Gasteiger partial charge in [0.2, 0.25) is 0 Å². The van der Waals surface area contributed by atoms with Crippen LogP contribution in [0.1, 0.15) is 25.8 Å². The molecule has 0 radical (unpaired) electrons. The molecule has 0 amide bonds. The SMILES string of the molecule is CCC(C)(N)c1cc(Cl)c(F)c(Cl)c1. The average Bonchev–Trinajstić information content (AvgIpc) is 2.13. The summed E-state index contributed by atoms with van der Waals surface area (Å²) in [5.74, 6) is -0.594. The van der Waals surface area contributed by atoms with Crippen molar-refractivity contribution in [2.75, 3.05) is 0 Å². The summed E-state index contributed by atoms with van der Waals surface area (Å²) in [5, 5.41) is 0.0234. The smallest absolute Gasteiger partial charge is 0.160 e. The molecule has 0 aliphatic heterocycles. The summed E-state index contributed by atoms with van der Waals surface area (Å²) in [4.78, 5) is 0.